The van der Waals surface area contributed by atoms with E-state index in [-0.39, 0.29) is 11.4 Å². The molecule has 0 aromatic carbocycles. The first kappa shape index (κ1) is 18.3. The maximum Gasteiger partial charge on any atom is 0.277 e. The number of carbonyl (C=O) groups excluding carboxylic acids is 1. The zero-order valence-electron chi connectivity index (χ0n) is 13.3. The first-order valence-electron chi connectivity index (χ1n) is 7.36. The van der Waals surface area contributed by atoms with E-state index in [0.29, 0.717) is 24.2 Å². The number of aromatic amines is 1. The molecule has 2 heterocycles. The van der Waals surface area contributed by atoms with Crippen molar-refractivity contribution in [2.24, 2.45) is 0 Å². The van der Waals surface area contributed by atoms with Gasteiger partial charge in [-0.25, -0.2) is 4.68 Å². The Hall–Kier alpha value is -2.04. The molecular formula is C14H18BrN5O4. The second-order valence-corrected chi connectivity index (χ2v) is 5.60. The minimum atomic E-state index is -0.533. The molecule has 0 saturated carbocycles. The molecule has 0 fully saturated rings. The molecule has 0 bridgehead atoms. The Morgan fingerprint density at radius 3 is 2.79 bits per heavy atom. The van der Waals surface area contributed by atoms with Crippen molar-refractivity contribution in [3.63, 3.8) is 0 Å². The van der Waals surface area contributed by atoms with Crippen LogP contribution in [0.15, 0.2) is 27.7 Å². The summed E-state index contributed by atoms with van der Waals surface area (Å²) in [7, 11) is 0. The summed E-state index contributed by atoms with van der Waals surface area (Å²) in [5, 5.41) is 10.2. The first-order chi connectivity index (χ1) is 11.5. The van der Waals surface area contributed by atoms with Crippen LogP contribution in [0.4, 0.5) is 5.69 Å². The van der Waals surface area contributed by atoms with Crippen molar-refractivity contribution in [1.29, 1.82) is 0 Å². The number of pyridine rings is 1. The highest BCUT2D eigenvalue weighted by Crippen LogP contribution is 2.11. The zero-order chi connectivity index (χ0) is 17.5. The predicted molar refractivity (Wildman–Crippen MR) is 89.8 cm³/mol. The van der Waals surface area contributed by atoms with Crippen LogP contribution in [0.3, 0.4) is 0 Å². The van der Waals surface area contributed by atoms with E-state index in [1.807, 2.05) is 13.8 Å². The van der Waals surface area contributed by atoms with Gasteiger partial charge in [-0.15, -0.1) is 5.10 Å². The van der Waals surface area contributed by atoms with Gasteiger partial charge in [0.2, 0.25) is 0 Å². The molecule has 2 N–H and O–H groups in total. The molecule has 1 amide bonds. The Morgan fingerprint density at radius 2 is 2.12 bits per heavy atom. The third-order valence-corrected chi connectivity index (χ3v) is 3.39. The summed E-state index contributed by atoms with van der Waals surface area (Å²) < 4.78 is 12.9. The lowest BCUT2D eigenvalue weighted by atomic mass is 10.3. The highest BCUT2D eigenvalue weighted by molar-refractivity contribution is 9.10. The lowest BCUT2D eigenvalue weighted by Gasteiger charge is -2.16. The van der Waals surface area contributed by atoms with Crippen LogP contribution in [-0.2, 0) is 16.0 Å². The largest absolute Gasteiger partial charge is 0.351 e. The van der Waals surface area contributed by atoms with Gasteiger partial charge < -0.3 is 19.8 Å². The fourth-order valence-electron chi connectivity index (χ4n) is 1.91. The third-order valence-electron chi connectivity index (χ3n) is 2.93. The van der Waals surface area contributed by atoms with Gasteiger partial charge >= 0.3 is 0 Å². The number of hydrogen-bond acceptors (Lipinski definition) is 6. The molecule has 0 spiro atoms. The number of anilines is 1. The summed E-state index contributed by atoms with van der Waals surface area (Å²) in [5.74, 6) is -0.533. The Labute approximate surface area is 146 Å². The molecule has 24 heavy (non-hydrogen) atoms. The first-order valence-corrected chi connectivity index (χ1v) is 8.15. The molecule has 0 unspecified atom stereocenters. The summed E-state index contributed by atoms with van der Waals surface area (Å²) in [6.45, 7) is 5.03. The van der Waals surface area contributed by atoms with Crippen LogP contribution in [-0.4, -0.2) is 45.4 Å². The number of carbonyl (C=O) groups is 1. The number of halogens is 1. The van der Waals surface area contributed by atoms with E-state index in [2.05, 4.69) is 36.5 Å². The van der Waals surface area contributed by atoms with Gasteiger partial charge in [0.05, 0.1) is 12.7 Å². The Morgan fingerprint density at radius 1 is 1.42 bits per heavy atom. The average molecular weight is 400 g/mol. The topological polar surface area (TPSA) is 111 Å². The van der Waals surface area contributed by atoms with Crippen molar-refractivity contribution in [2.45, 2.75) is 26.7 Å². The molecule has 0 saturated heterocycles. The third kappa shape index (κ3) is 4.98. The van der Waals surface area contributed by atoms with Crippen LogP contribution in [0, 0.1) is 0 Å². The standard InChI is InChI=1S/C14H18BrN5O4/c1-3-23-12(24-4-2)8-20-7-11(18-19-20)14(22)17-10-5-9(15)6-16-13(10)21/h5-7,12H,3-4,8H2,1-2H3,(H,16,21)(H,17,22). The molecule has 0 aliphatic heterocycles. The van der Waals surface area contributed by atoms with Crippen LogP contribution in [0.2, 0.25) is 0 Å². The molecular weight excluding hydrogens is 382 g/mol. The minimum Gasteiger partial charge on any atom is -0.351 e. The molecule has 0 aliphatic rings. The van der Waals surface area contributed by atoms with E-state index < -0.39 is 17.8 Å². The quantitative estimate of drug-likeness (QED) is 0.648. The summed E-state index contributed by atoms with van der Waals surface area (Å²) >= 11 is 3.22. The summed E-state index contributed by atoms with van der Waals surface area (Å²) in [6, 6.07) is 1.50. The van der Waals surface area contributed by atoms with Gasteiger partial charge in [-0.2, -0.15) is 0 Å². The maximum absolute atomic E-state index is 12.2. The van der Waals surface area contributed by atoms with E-state index in [9.17, 15) is 9.59 Å². The maximum atomic E-state index is 12.2. The average Bonchev–Trinajstić information content (AvgIpc) is 3.00. The van der Waals surface area contributed by atoms with E-state index in [4.69, 9.17) is 9.47 Å². The lowest BCUT2D eigenvalue weighted by molar-refractivity contribution is -0.145. The van der Waals surface area contributed by atoms with Crippen LogP contribution < -0.4 is 10.9 Å². The molecule has 0 atom stereocenters. The summed E-state index contributed by atoms with van der Waals surface area (Å²) in [4.78, 5) is 26.3. The van der Waals surface area contributed by atoms with Crippen LogP contribution in [0.1, 0.15) is 24.3 Å². The monoisotopic (exact) mass is 399 g/mol. The van der Waals surface area contributed by atoms with Crippen molar-refractivity contribution in [3.8, 4) is 0 Å². The Balaban J connectivity index is 2.05. The van der Waals surface area contributed by atoms with Crippen molar-refractivity contribution in [3.05, 3.63) is 39.0 Å². The van der Waals surface area contributed by atoms with Gasteiger partial charge in [0.25, 0.3) is 11.5 Å². The number of rotatable bonds is 8. The number of ether oxygens (including phenoxy) is 2. The molecule has 10 heteroatoms. The van der Waals surface area contributed by atoms with Crippen LogP contribution in [0.25, 0.3) is 0 Å². The van der Waals surface area contributed by atoms with E-state index in [1.165, 1.54) is 23.1 Å². The van der Waals surface area contributed by atoms with Crippen molar-refractivity contribution >= 4 is 27.5 Å². The summed E-state index contributed by atoms with van der Waals surface area (Å²) in [6.07, 6.45) is 2.48. The molecule has 2 aromatic rings. The minimum absolute atomic E-state index is 0.0844. The molecule has 2 rings (SSSR count). The highest BCUT2D eigenvalue weighted by Gasteiger charge is 2.15. The van der Waals surface area contributed by atoms with Gasteiger partial charge in [0.15, 0.2) is 12.0 Å². The summed E-state index contributed by atoms with van der Waals surface area (Å²) in [5.41, 5.74) is -0.210. The molecule has 0 radical (unpaired) electrons. The lowest BCUT2D eigenvalue weighted by Crippen LogP contribution is -2.24. The van der Waals surface area contributed by atoms with E-state index in [0.717, 1.165) is 0 Å². The predicted octanol–water partition coefficient (Wildman–Crippen LogP) is 1.38. The van der Waals surface area contributed by atoms with Crippen molar-refractivity contribution in [1.82, 2.24) is 20.0 Å². The van der Waals surface area contributed by atoms with Crippen molar-refractivity contribution in [2.75, 3.05) is 18.5 Å². The molecule has 9 nitrogen and oxygen atoms in total. The van der Waals surface area contributed by atoms with Gasteiger partial charge in [-0.1, -0.05) is 5.21 Å². The van der Waals surface area contributed by atoms with E-state index in [1.54, 1.807) is 0 Å². The number of hydrogen-bond donors (Lipinski definition) is 2. The van der Waals surface area contributed by atoms with Gasteiger partial charge in [0.1, 0.15) is 5.69 Å². The van der Waals surface area contributed by atoms with E-state index >= 15 is 0 Å². The number of nitrogens with one attached hydrogen (secondary N) is 2. The number of amides is 1. The Bertz CT molecular complexity index is 739. The van der Waals surface area contributed by atoms with Gasteiger partial charge in [-0.3, -0.25) is 9.59 Å². The van der Waals surface area contributed by atoms with Gasteiger partial charge in [0, 0.05) is 23.9 Å². The smallest absolute Gasteiger partial charge is 0.277 e. The molecule has 2 aromatic heterocycles. The van der Waals surface area contributed by atoms with Crippen molar-refractivity contribution < 1.29 is 14.3 Å². The fourth-order valence-corrected chi connectivity index (χ4v) is 2.25. The number of H-pyrrole nitrogens is 1. The normalized spacial score (nSPS) is 11.0. The number of nitrogens with zero attached hydrogens (tertiary/aromatic N) is 3. The number of aromatic nitrogens is 4. The van der Waals surface area contributed by atoms with Crippen LogP contribution in [0.5, 0.6) is 0 Å². The second kappa shape index (κ2) is 8.71. The van der Waals surface area contributed by atoms with Crippen LogP contribution >= 0.6 is 15.9 Å². The molecule has 0 aliphatic carbocycles. The Kier molecular flexibility index (Phi) is 6.64. The van der Waals surface area contributed by atoms with Gasteiger partial charge in [-0.05, 0) is 35.8 Å². The molecule has 130 valence electrons. The highest BCUT2D eigenvalue weighted by atomic mass is 79.9. The zero-order valence-corrected chi connectivity index (χ0v) is 14.9. The second-order valence-electron chi connectivity index (χ2n) is 4.68. The fraction of sp³-hybridized carbons (Fsp3) is 0.429. The SMILES string of the molecule is CCOC(Cn1cc(C(=O)Nc2cc(Br)c[nH]c2=O)nn1)OCC.